The predicted molar refractivity (Wildman–Crippen MR) is 59.1 cm³/mol. The number of carboxylic acid groups (broad SMARTS) is 1. The highest BCUT2D eigenvalue weighted by molar-refractivity contribution is 5.74. The van der Waals surface area contributed by atoms with Gasteiger partial charge in [0, 0.05) is 17.8 Å². The maximum Gasteiger partial charge on any atom is 0.307 e. The number of carbonyl (C=O) groups is 1. The Kier molecular flexibility index (Phi) is 2.90. The molecule has 2 unspecified atom stereocenters. The molecule has 1 heterocycles. The van der Waals surface area contributed by atoms with Gasteiger partial charge in [-0.25, -0.2) is 9.97 Å². The van der Waals surface area contributed by atoms with Gasteiger partial charge >= 0.3 is 5.97 Å². The third-order valence-corrected chi connectivity index (χ3v) is 2.79. The second-order valence-corrected chi connectivity index (χ2v) is 4.79. The van der Waals surface area contributed by atoms with E-state index in [1.807, 2.05) is 6.07 Å². The fourth-order valence-corrected chi connectivity index (χ4v) is 1.88. The standard InChI is InChI=1S/C12H16N2O2/c1-7(2)5-8-3-4-13-11(14-8)9-6-10(9)12(15)16/h3-4,7,9-10H,5-6H2,1-2H3,(H,15,16). The number of carboxylic acids is 1. The Balaban J connectivity index is 2.09. The Morgan fingerprint density at radius 2 is 2.38 bits per heavy atom. The zero-order valence-electron chi connectivity index (χ0n) is 9.55. The van der Waals surface area contributed by atoms with Gasteiger partial charge in [-0.1, -0.05) is 13.8 Å². The Morgan fingerprint density at radius 1 is 1.62 bits per heavy atom. The van der Waals surface area contributed by atoms with Crippen LogP contribution in [0.25, 0.3) is 0 Å². The van der Waals surface area contributed by atoms with Crippen molar-refractivity contribution >= 4 is 5.97 Å². The molecule has 0 aromatic carbocycles. The second kappa shape index (κ2) is 4.20. The number of nitrogens with zero attached hydrogens (tertiary/aromatic N) is 2. The van der Waals surface area contributed by atoms with E-state index in [1.165, 1.54) is 0 Å². The topological polar surface area (TPSA) is 63.1 Å². The van der Waals surface area contributed by atoms with Crippen molar-refractivity contribution in [3.05, 3.63) is 23.8 Å². The Hall–Kier alpha value is -1.45. The maximum absolute atomic E-state index is 10.8. The van der Waals surface area contributed by atoms with E-state index in [-0.39, 0.29) is 11.8 Å². The fourth-order valence-electron chi connectivity index (χ4n) is 1.88. The van der Waals surface area contributed by atoms with E-state index in [9.17, 15) is 4.79 Å². The average Bonchev–Trinajstić information content (AvgIpc) is 2.96. The molecule has 1 fully saturated rings. The highest BCUT2D eigenvalue weighted by atomic mass is 16.4. The van der Waals surface area contributed by atoms with Gasteiger partial charge in [-0.2, -0.15) is 0 Å². The molecule has 1 saturated carbocycles. The first-order chi connectivity index (χ1) is 7.58. The molecule has 16 heavy (non-hydrogen) atoms. The van der Waals surface area contributed by atoms with Crippen LogP contribution in [0.3, 0.4) is 0 Å². The van der Waals surface area contributed by atoms with Crippen LogP contribution in [0.2, 0.25) is 0 Å². The SMILES string of the molecule is CC(C)Cc1ccnc(C2CC2C(=O)O)n1. The van der Waals surface area contributed by atoms with Crippen molar-refractivity contribution in [2.45, 2.75) is 32.6 Å². The van der Waals surface area contributed by atoms with E-state index < -0.39 is 5.97 Å². The van der Waals surface area contributed by atoms with E-state index in [4.69, 9.17) is 5.11 Å². The van der Waals surface area contributed by atoms with Crippen LogP contribution in [0.5, 0.6) is 0 Å². The van der Waals surface area contributed by atoms with Crippen molar-refractivity contribution in [2.75, 3.05) is 0 Å². The lowest BCUT2D eigenvalue weighted by Gasteiger charge is -2.05. The summed E-state index contributed by atoms with van der Waals surface area (Å²) < 4.78 is 0. The fraction of sp³-hybridized carbons (Fsp3) is 0.583. The third kappa shape index (κ3) is 2.38. The van der Waals surface area contributed by atoms with Crippen molar-refractivity contribution in [1.29, 1.82) is 0 Å². The van der Waals surface area contributed by atoms with Crippen molar-refractivity contribution in [1.82, 2.24) is 9.97 Å². The molecule has 1 aromatic heterocycles. The molecule has 2 rings (SSSR count). The van der Waals surface area contributed by atoms with Crippen molar-refractivity contribution in [3.63, 3.8) is 0 Å². The highest BCUT2D eigenvalue weighted by Crippen LogP contribution is 2.45. The summed E-state index contributed by atoms with van der Waals surface area (Å²) in [4.78, 5) is 19.4. The van der Waals surface area contributed by atoms with Gasteiger partial charge in [0.25, 0.3) is 0 Å². The first kappa shape index (κ1) is 11.0. The lowest BCUT2D eigenvalue weighted by molar-refractivity contribution is -0.138. The molecule has 0 aliphatic heterocycles. The molecular weight excluding hydrogens is 204 g/mol. The molecule has 1 aliphatic rings. The van der Waals surface area contributed by atoms with Crippen molar-refractivity contribution in [3.8, 4) is 0 Å². The molecule has 0 bridgehead atoms. The summed E-state index contributed by atoms with van der Waals surface area (Å²) in [6, 6.07) is 1.90. The van der Waals surface area contributed by atoms with E-state index in [0.29, 0.717) is 18.2 Å². The lowest BCUT2D eigenvalue weighted by Crippen LogP contribution is -2.04. The monoisotopic (exact) mass is 220 g/mol. The lowest BCUT2D eigenvalue weighted by atomic mass is 10.1. The minimum Gasteiger partial charge on any atom is -0.481 e. The second-order valence-electron chi connectivity index (χ2n) is 4.79. The van der Waals surface area contributed by atoms with Gasteiger partial charge in [0.15, 0.2) is 0 Å². The molecule has 2 atom stereocenters. The summed E-state index contributed by atoms with van der Waals surface area (Å²) in [7, 11) is 0. The number of hydrogen-bond donors (Lipinski definition) is 1. The minimum atomic E-state index is -0.733. The van der Waals surface area contributed by atoms with Gasteiger partial charge in [-0.3, -0.25) is 4.79 Å². The zero-order valence-corrected chi connectivity index (χ0v) is 9.55. The van der Waals surface area contributed by atoms with Gasteiger partial charge in [-0.15, -0.1) is 0 Å². The van der Waals surface area contributed by atoms with Crippen molar-refractivity contribution < 1.29 is 9.90 Å². The summed E-state index contributed by atoms with van der Waals surface area (Å²) in [5.41, 5.74) is 1.01. The predicted octanol–water partition coefficient (Wildman–Crippen LogP) is 1.86. The van der Waals surface area contributed by atoms with Crippen LogP contribution in [0.4, 0.5) is 0 Å². The quantitative estimate of drug-likeness (QED) is 0.841. The highest BCUT2D eigenvalue weighted by Gasteiger charge is 2.46. The van der Waals surface area contributed by atoms with E-state index in [2.05, 4.69) is 23.8 Å². The Morgan fingerprint density at radius 3 is 2.94 bits per heavy atom. The minimum absolute atomic E-state index is 0.0320. The van der Waals surface area contributed by atoms with Crippen LogP contribution in [-0.2, 0) is 11.2 Å². The van der Waals surface area contributed by atoms with Gasteiger partial charge in [0.1, 0.15) is 5.82 Å². The first-order valence-corrected chi connectivity index (χ1v) is 5.62. The van der Waals surface area contributed by atoms with E-state index >= 15 is 0 Å². The van der Waals surface area contributed by atoms with Crippen molar-refractivity contribution in [2.24, 2.45) is 11.8 Å². The molecular formula is C12H16N2O2. The molecule has 4 heteroatoms. The number of rotatable bonds is 4. The zero-order chi connectivity index (χ0) is 11.7. The molecule has 4 nitrogen and oxygen atoms in total. The summed E-state index contributed by atoms with van der Waals surface area (Å²) in [5.74, 6) is 0.282. The Labute approximate surface area is 94.7 Å². The maximum atomic E-state index is 10.8. The van der Waals surface area contributed by atoms with Gasteiger partial charge in [0.2, 0.25) is 0 Å². The van der Waals surface area contributed by atoms with Crippen LogP contribution in [-0.4, -0.2) is 21.0 Å². The van der Waals surface area contributed by atoms with E-state index in [0.717, 1.165) is 12.1 Å². The van der Waals surface area contributed by atoms with Crippen LogP contribution < -0.4 is 0 Å². The van der Waals surface area contributed by atoms with Gasteiger partial charge in [0.05, 0.1) is 5.92 Å². The normalized spacial score (nSPS) is 23.4. The molecule has 1 N–H and O–H groups in total. The molecule has 1 aliphatic carbocycles. The molecule has 1 aromatic rings. The van der Waals surface area contributed by atoms with Gasteiger partial charge < -0.3 is 5.11 Å². The first-order valence-electron chi connectivity index (χ1n) is 5.62. The number of aliphatic carboxylic acids is 1. The largest absolute Gasteiger partial charge is 0.481 e. The molecule has 0 saturated heterocycles. The molecule has 86 valence electrons. The summed E-state index contributed by atoms with van der Waals surface area (Å²) in [6.07, 6.45) is 3.33. The number of hydrogen-bond acceptors (Lipinski definition) is 3. The third-order valence-electron chi connectivity index (χ3n) is 2.79. The summed E-state index contributed by atoms with van der Waals surface area (Å²) in [6.45, 7) is 4.28. The molecule has 0 amide bonds. The number of aromatic nitrogens is 2. The van der Waals surface area contributed by atoms with Gasteiger partial charge in [-0.05, 0) is 24.8 Å². The Bertz CT molecular complexity index is 404. The molecule has 0 spiro atoms. The summed E-state index contributed by atoms with van der Waals surface area (Å²) >= 11 is 0. The average molecular weight is 220 g/mol. The summed E-state index contributed by atoms with van der Waals surface area (Å²) in [5, 5.41) is 8.84. The van der Waals surface area contributed by atoms with Crippen LogP contribution in [0, 0.1) is 11.8 Å². The smallest absolute Gasteiger partial charge is 0.307 e. The molecule has 0 radical (unpaired) electrons. The van der Waals surface area contributed by atoms with Crippen LogP contribution in [0.1, 0.15) is 37.7 Å². The van der Waals surface area contributed by atoms with Crippen LogP contribution >= 0.6 is 0 Å². The van der Waals surface area contributed by atoms with Crippen LogP contribution in [0.15, 0.2) is 12.3 Å². The van der Waals surface area contributed by atoms with E-state index in [1.54, 1.807) is 6.20 Å².